The SMILES string of the molecule is C=CCC(C)C(CC=C(C)C)C(CC=C)C(=O)OCC1c2ccccc2-c2ccccc21. The molecule has 0 aliphatic heterocycles. The van der Waals surface area contributed by atoms with Gasteiger partial charge in [0, 0.05) is 5.92 Å². The fourth-order valence-corrected chi connectivity index (χ4v) is 4.94. The number of ether oxygens (including phenoxy) is 1. The molecule has 2 aromatic rings. The summed E-state index contributed by atoms with van der Waals surface area (Å²) in [7, 11) is 0. The summed E-state index contributed by atoms with van der Waals surface area (Å²) in [5.74, 6) is 0.294. The van der Waals surface area contributed by atoms with Crippen molar-refractivity contribution in [3.63, 3.8) is 0 Å². The van der Waals surface area contributed by atoms with Gasteiger partial charge in [-0.3, -0.25) is 4.79 Å². The Morgan fingerprint density at radius 3 is 2.03 bits per heavy atom. The third kappa shape index (κ3) is 5.30. The van der Waals surface area contributed by atoms with E-state index in [2.05, 4.69) is 88.5 Å². The minimum Gasteiger partial charge on any atom is -0.464 e. The second-order valence-corrected chi connectivity index (χ2v) is 9.17. The highest BCUT2D eigenvalue weighted by atomic mass is 16.5. The van der Waals surface area contributed by atoms with E-state index >= 15 is 0 Å². The lowest BCUT2D eigenvalue weighted by atomic mass is 9.77. The lowest BCUT2D eigenvalue weighted by Crippen LogP contribution is -2.30. The Labute approximate surface area is 193 Å². The van der Waals surface area contributed by atoms with Crippen LogP contribution in [0, 0.1) is 17.8 Å². The maximum atomic E-state index is 13.4. The van der Waals surface area contributed by atoms with Gasteiger partial charge >= 0.3 is 5.97 Å². The van der Waals surface area contributed by atoms with Crippen LogP contribution in [0.5, 0.6) is 0 Å². The molecule has 168 valence electrons. The van der Waals surface area contributed by atoms with Gasteiger partial charge in [0.2, 0.25) is 0 Å². The van der Waals surface area contributed by atoms with E-state index in [4.69, 9.17) is 4.74 Å². The van der Waals surface area contributed by atoms with Crippen molar-refractivity contribution in [3.8, 4) is 11.1 Å². The molecule has 0 fully saturated rings. The quantitative estimate of drug-likeness (QED) is 0.270. The minimum absolute atomic E-state index is 0.0811. The van der Waals surface area contributed by atoms with Crippen molar-refractivity contribution in [2.75, 3.05) is 6.61 Å². The first kappa shape index (κ1) is 23.8. The second kappa shape index (κ2) is 11.1. The van der Waals surface area contributed by atoms with Crippen LogP contribution < -0.4 is 0 Å². The smallest absolute Gasteiger partial charge is 0.309 e. The van der Waals surface area contributed by atoms with E-state index in [-0.39, 0.29) is 23.7 Å². The fraction of sp³-hybridized carbons (Fsp3) is 0.367. The third-order valence-electron chi connectivity index (χ3n) is 6.66. The molecule has 3 unspecified atom stereocenters. The van der Waals surface area contributed by atoms with Gasteiger partial charge in [-0.1, -0.05) is 79.3 Å². The van der Waals surface area contributed by atoms with Crippen LogP contribution in [0.15, 0.2) is 85.5 Å². The maximum absolute atomic E-state index is 13.4. The van der Waals surface area contributed by atoms with Crippen LogP contribution in [-0.4, -0.2) is 12.6 Å². The van der Waals surface area contributed by atoms with Gasteiger partial charge in [-0.05, 0) is 67.2 Å². The van der Waals surface area contributed by atoms with E-state index in [1.807, 2.05) is 12.2 Å². The Kier molecular flexibility index (Phi) is 8.27. The molecule has 2 nitrogen and oxygen atoms in total. The average Bonchev–Trinajstić information content (AvgIpc) is 3.10. The summed E-state index contributed by atoms with van der Waals surface area (Å²) in [4.78, 5) is 13.4. The molecule has 0 heterocycles. The number of hydrogen-bond acceptors (Lipinski definition) is 2. The van der Waals surface area contributed by atoms with E-state index < -0.39 is 0 Å². The van der Waals surface area contributed by atoms with Crippen LogP contribution in [0.3, 0.4) is 0 Å². The molecule has 0 spiro atoms. The Balaban J connectivity index is 1.81. The van der Waals surface area contributed by atoms with Gasteiger partial charge in [0.15, 0.2) is 0 Å². The number of fused-ring (bicyclic) bond motifs is 3. The number of carbonyl (C=O) groups excluding carboxylic acids is 1. The molecule has 3 rings (SSSR count). The Morgan fingerprint density at radius 1 is 0.938 bits per heavy atom. The number of allylic oxidation sites excluding steroid dienone is 4. The van der Waals surface area contributed by atoms with Crippen molar-refractivity contribution in [2.24, 2.45) is 17.8 Å². The standard InChI is InChI=1S/C30H36O2/c1-6-12-22(5)23(19-18-21(3)4)28(13-7-2)30(31)32-20-29-26-16-10-8-14-24(26)25-15-9-11-17-27(25)29/h6-11,14-18,22-23,28-29H,1-2,12-13,19-20H2,3-5H3. The molecule has 1 aliphatic rings. The highest BCUT2D eigenvalue weighted by Gasteiger charge is 2.34. The van der Waals surface area contributed by atoms with Crippen LogP contribution in [0.2, 0.25) is 0 Å². The summed E-state index contributed by atoms with van der Waals surface area (Å²) in [6, 6.07) is 16.9. The van der Waals surface area contributed by atoms with Crippen LogP contribution >= 0.6 is 0 Å². The predicted octanol–water partition coefficient (Wildman–Crippen LogP) is 7.72. The monoisotopic (exact) mass is 428 g/mol. The van der Waals surface area contributed by atoms with E-state index in [9.17, 15) is 4.79 Å². The molecule has 32 heavy (non-hydrogen) atoms. The molecular formula is C30H36O2. The van der Waals surface area contributed by atoms with Gasteiger partial charge in [-0.15, -0.1) is 13.2 Å². The van der Waals surface area contributed by atoms with E-state index in [0.717, 1.165) is 12.8 Å². The minimum atomic E-state index is -0.204. The van der Waals surface area contributed by atoms with Crippen molar-refractivity contribution >= 4 is 5.97 Å². The topological polar surface area (TPSA) is 26.3 Å². The van der Waals surface area contributed by atoms with Gasteiger partial charge in [0.1, 0.15) is 6.61 Å². The summed E-state index contributed by atoms with van der Waals surface area (Å²) in [6.07, 6.45) is 8.40. The predicted molar refractivity (Wildman–Crippen MR) is 134 cm³/mol. The van der Waals surface area contributed by atoms with Crippen LogP contribution in [0.1, 0.15) is 57.1 Å². The summed E-state index contributed by atoms with van der Waals surface area (Å²) in [5.41, 5.74) is 6.23. The molecule has 0 aromatic heterocycles. The Morgan fingerprint density at radius 2 is 1.50 bits per heavy atom. The molecule has 1 aliphatic carbocycles. The number of esters is 1. The number of benzene rings is 2. The largest absolute Gasteiger partial charge is 0.464 e. The molecular weight excluding hydrogens is 392 g/mol. The van der Waals surface area contributed by atoms with E-state index in [1.54, 1.807) is 0 Å². The molecule has 0 radical (unpaired) electrons. The average molecular weight is 429 g/mol. The van der Waals surface area contributed by atoms with Gasteiger partial charge in [-0.2, -0.15) is 0 Å². The number of carbonyl (C=O) groups is 1. The lowest BCUT2D eigenvalue weighted by molar-refractivity contribution is -0.151. The maximum Gasteiger partial charge on any atom is 0.309 e. The second-order valence-electron chi connectivity index (χ2n) is 9.17. The third-order valence-corrected chi connectivity index (χ3v) is 6.66. The van der Waals surface area contributed by atoms with Crippen molar-refractivity contribution in [1.29, 1.82) is 0 Å². The van der Waals surface area contributed by atoms with Gasteiger partial charge in [-0.25, -0.2) is 0 Å². The zero-order valence-electron chi connectivity index (χ0n) is 19.7. The molecule has 0 N–H and O–H groups in total. The summed E-state index contributed by atoms with van der Waals surface area (Å²) in [6.45, 7) is 14.6. The van der Waals surface area contributed by atoms with Crippen molar-refractivity contribution < 1.29 is 9.53 Å². The highest BCUT2D eigenvalue weighted by molar-refractivity contribution is 5.79. The first-order valence-electron chi connectivity index (χ1n) is 11.7. The lowest BCUT2D eigenvalue weighted by Gasteiger charge is -2.29. The molecule has 0 amide bonds. The van der Waals surface area contributed by atoms with Crippen molar-refractivity contribution in [3.05, 3.63) is 96.6 Å². The highest BCUT2D eigenvalue weighted by Crippen LogP contribution is 2.44. The van der Waals surface area contributed by atoms with Gasteiger partial charge in [0.05, 0.1) is 5.92 Å². The van der Waals surface area contributed by atoms with Crippen LogP contribution in [-0.2, 0) is 9.53 Å². The summed E-state index contributed by atoms with van der Waals surface area (Å²) >= 11 is 0. The van der Waals surface area contributed by atoms with E-state index in [1.165, 1.54) is 27.8 Å². The van der Waals surface area contributed by atoms with Crippen LogP contribution in [0.25, 0.3) is 11.1 Å². The zero-order valence-corrected chi connectivity index (χ0v) is 19.7. The van der Waals surface area contributed by atoms with E-state index in [0.29, 0.717) is 18.9 Å². The van der Waals surface area contributed by atoms with Crippen molar-refractivity contribution in [1.82, 2.24) is 0 Å². The zero-order chi connectivity index (χ0) is 23.1. The molecule has 0 saturated carbocycles. The number of hydrogen-bond donors (Lipinski definition) is 0. The molecule has 3 atom stereocenters. The molecule has 0 bridgehead atoms. The van der Waals surface area contributed by atoms with Gasteiger partial charge in [0.25, 0.3) is 0 Å². The molecule has 2 heteroatoms. The Hall–Kier alpha value is -2.87. The molecule has 0 saturated heterocycles. The Bertz CT molecular complexity index is 934. The molecule has 2 aromatic carbocycles. The van der Waals surface area contributed by atoms with Crippen LogP contribution in [0.4, 0.5) is 0 Å². The first-order chi connectivity index (χ1) is 15.5. The summed E-state index contributed by atoms with van der Waals surface area (Å²) < 4.78 is 6.04. The summed E-state index contributed by atoms with van der Waals surface area (Å²) in [5, 5.41) is 0. The fourth-order valence-electron chi connectivity index (χ4n) is 4.94. The number of rotatable bonds is 11. The normalized spacial score (nSPS) is 15.1. The van der Waals surface area contributed by atoms with Gasteiger partial charge < -0.3 is 4.74 Å². The van der Waals surface area contributed by atoms with Crippen molar-refractivity contribution in [2.45, 2.75) is 46.0 Å². The first-order valence-corrected chi connectivity index (χ1v) is 11.7.